The predicted molar refractivity (Wildman–Crippen MR) is 141 cm³/mol. The highest BCUT2D eigenvalue weighted by Gasteiger charge is 2.63. The number of para-hydroxylation sites is 1. The molecule has 3 aromatic rings. The lowest BCUT2D eigenvalue weighted by molar-refractivity contribution is -0.149. The van der Waals surface area contributed by atoms with E-state index in [-0.39, 0.29) is 18.4 Å². The number of aliphatic hydroxyl groups is 1. The molecule has 1 saturated carbocycles. The summed E-state index contributed by atoms with van der Waals surface area (Å²) in [5.74, 6) is 1.12. The number of rotatable bonds is 4. The first-order chi connectivity index (χ1) is 17.9. The zero-order valence-electron chi connectivity index (χ0n) is 21.5. The smallest absolute Gasteiger partial charge is 0.228 e. The number of H-pyrrole nitrogens is 1. The molecular weight excluding hydrogens is 464 g/mol. The number of nitrogens with one attached hydrogen (secondary N) is 1. The second-order valence-electron chi connectivity index (χ2n) is 12.0. The van der Waals surface area contributed by atoms with E-state index in [1.807, 2.05) is 42.2 Å². The van der Waals surface area contributed by atoms with Gasteiger partial charge in [0.2, 0.25) is 5.91 Å². The number of hydrogen-bond donors (Lipinski definition) is 3. The number of nitrogens with zero attached hydrogens (tertiary/aromatic N) is 3. The number of fused-ring (bicyclic) bond motifs is 2. The summed E-state index contributed by atoms with van der Waals surface area (Å²) in [6, 6.07) is 12.0. The van der Waals surface area contributed by atoms with Gasteiger partial charge in [-0.3, -0.25) is 14.8 Å². The number of aromatic amines is 1. The summed E-state index contributed by atoms with van der Waals surface area (Å²) in [6.45, 7) is 5.13. The Balaban J connectivity index is 1.22. The molecule has 3 N–H and O–H groups in total. The lowest BCUT2D eigenvalue weighted by Gasteiger charge is -2.61. The van der Waals surface area contributed by atoms with Gasteiger partial charge < -0.3 is 15.1 Å². The van der Waals surface area contributed by atoms with Crippen molar-refractivity contribution in [3.63, 3.8) is 0 Å². The third-order valence-corrected chi connectivity index (χ3v) is 9.98. The molecule has 2 aliphatic heterocycles. The molecule has 4 aliphatic rings. The van der Waals surface area contributed by atoms with E-state index in [0.29, 0.717) is 31.7 Å². The standard InChI is InChI=1S/C30H36N4O3/c1-19-14-21-15-27-30(37)10-13-33(28(36)17-25-22-4-2-3-5-24(22)31-32-25)11-8-29(30,23(21)16-26(19)35)9-12-34(27)18-20-6-7-20/h2-5,14,16,20,27,35,37H,6-13,15,17-18H2,1H3,(H,31,32). The van der Waals surface area contributed by atoms with Crippen molar-refractivity contribution in [3.8, 4) is 5.75 Å². The van der Waals surface area contributed by atoms with Gasteiger partial charge in [-0.15, -0.1) is 0 Å². The molecule has 7 heteroatoms. The molecule has 2 bridgehead atoms. The third-order valence-electron chi connectivity index (χ3n) is 9.98. The monoisotopic (exact) mass is 500 g/mol. The average molecular weight is 501 g/mol. The van der Waals surface area contributed by atoms with Crippen molar-refractivity contribution >= 4 is 16.8 Å². The Kier molecular flexibility index (Phi) is 5.21. The highest BCUT2D eigenvalue weighted by molar-refractivity contribution is 5.87. The molecule has 1 aromatic heterocycles. The van der Waals surface area contributed by atoms with Crippen LogP contribution in [0.5, 0.6) is 5.75 Å². The molecule has 7 nitrogen and oxygen atoms in total. The summed E-state index contributed by atoms with van der Waals surface area (Å²) in [7, 11) is 0. The first-order valence-electron chi connectivity index (χ1n) is 13.9. The van der Waals surface area contributed by atoms with Crippen LogP contribution < -0.4 is 0 Å². The van der Waals surface area contributed by atoms with Gasteiger partial charge in [-0.2, -0.15) is 5.10 Å². The molecule has 37 heavy (non-hydrogen) atoms. The topological polar surface area (TPSA) is 92.7 Å². The zero-order chi connectivity index (χ0) is 25.4. The van der Waals surface area contributed by atoms with E-state index in [1.165, 1.54) is 18.4 Å². The largest absolute Gasteiger partial charge is 0.508 e. The molecule has 7 rings (SSSR count). The summed E-state index contributed by atoms with van der Waals surface area (Å²) < 4.78 is 0. The molecule has 3 atom stereocenters. The van der Waals surface area contributed by atoms with Gasteiger partial charge in [-0.05, 0) is 86.7 Å². The van der Waals surface area contributed by atoms with Crippen molar-refractivity contribution < 1.29 is 15.0 Å². The van der Waals surface area contributed by atoms with E-state index in [9.17, 15) is 15.0 Å². The lowest BCUT2D eigenvalue weighted by atomic mass is 9.52. The quantitative estimate of drug-likeness (QED) is 0.510. The van der Waals surface area contributed by atoms with Gasteiger partial charge in [-0.1, -0.05) is 24.3 Å². The maximum absolute atomic E-state index is 13.6. The Morgan fingerprint density at radius 1 is 1.14 bits per heavy atom. The predicted octanol–water partition coefficient (Wildman–Crippen LogP) is 3.45. The van der Waals surface area contributed by atoms with Crippen LogP contribution in [0.3, 0.4) is 0 Å². The average Bonchev–Trinajstić information content (AvgIpc) is 3.64. The van der Waals surface area contributed by atoms with Gasteiger partial charge in [0.05, 0.1) is 23.2 Å². The van der Waals surface area contributed by atoms with Crippen molar-refractivity contribution in [3.05, 3.63) is 58.8 Å². The first kappa shape index (κ1) is 23.2. The van der Waals surface area contributed by atoms with Crippen LogP contribution in [0.1, 0.15) is 54.5 Å². The van der Waals surface area contributed by atoms with Gasteiger partial charge in [0.25, 0.3) is 0 Å². The van der Waals surface area contributed by atoms with Crippen LogP contribution in [0, 0.1) is 12.8 Å². The second kappa shape index (κ2) is 8.30. The number of aromatic nitrogens is 2. The Morgan fingerprint density at radius 3 is 2.76 bits per heavy atom. The fraction of sp³-hybridized carbons (Fsp3) is 0.533. The van der Waals surface area contributed by atoms with Gasteiger partial charge in [0, 0.05) is 36.5 Å². The molecule has 2 aromatic carbocycles. The Morgan fingerprint density at radius 2 is 1.92 bits per heavy atom. The van der Waals surface area contributed by atoms with Gasteiger partial charge in [0.1, 0.15) is 5.75 Å². The molecule has 3 fully saturated rings. The highest BCUT2D eigenvalue weighted by atomic mass is 16.3. The normalized spacial score (nSPS) is 29.6. The van der Waals surface area contributed by atoms with Crippen LogP contribution >= 0.6 is 0 Å². The van der Waals surface area contributed by atoms with Gasteiger partial charge >= 0.3 is 0 Å². The number of carbonyl (C=O) groups is 1. The van der Waals surface area contributed by atoms with Crippen LogP contribution in [0.4, 0.5) is 0 Å². The number of phenols is 1. The summed E-state index contributed by atoms with van der Waals surface area (Å²) in [4.78, 5) is 18.1. The Bertz CT molecular complexity index is 1380. The molecule has 2 aliphatic carbocycles. The number of benzene rings is 2. The number of aryl methyl sites for hydroxylation is 1. The minimum Gasteiger partial charge on any atom is -0.508 e. The Labute approximate surface area is 217 Å². The van der Waals surface area contributed by atoms with Crippen LogP contribution in [0.25, 0.3) is 10.9 Å². The Hall–Kier alpha value is -2.90. The lowest BCUT2D eigenvalue weighted by Crippen LogP contribution is -2.71. The minimum absolute atomic E-state index is 0.0450. The maximum atomic E-state index is 13.6. The molecule has 3 heterocycles. The first-order valence-corrected chi connectivity index (χ1v) is 13.9. The number of carbonyl (C=O) groups excluding carboxylic acids is 1. The van der Waals surface area contributed by atoms with Crippen molar-refractivity contribution in [1.29, 1.82) is 0 Å². The van der Waals surface area contributed by atoms with Crippen LogP contribution in [0.15, 0.2) is 36.4 Å². The zero-order valence-corrected chi connectivity index (χ0v) is 21.5. The van der Waals surface area contributed by atoms with Crippen molar-refractivity contribution in [1.82, 2.24) is 20.0 Å². The van der Waals surface area contributed by atoms with Gasteiger partial charge in [0.15, 0.2) is 0 Å². The number of aromatic hydroxyl groups is 1. The number of phenolic OH excluding ortho intramolecular Hbond substituents is 1. The number of hydrogen-bond acceptors (Lipinski definition) is 5. The molecular formula is C30H36N4O3. The number of likely N-dealkylation sites (tertiary alicyclic amines) is 2. The number of amides is 1. The van der Waals surface area contributed by atoms with E-state index in [1.54, 1.807) is 0 Å². The van der Waals surface area contributed by atoms with Crippen molar-refractivity contribution in [2.24, 2.45) is 5.92 Å². The highest BCUT2D eigenvalue weighted by Crippen LogP contribution is 2.57. The summed E-state index contributed by atoms with van der Waals surface area (Å²) >= 11 is 0. The fourth-order valence-corrected chi connectivity index (χ4v) is 7.71. The third kappa shape index (κ3) is 3.54. The molecule has 0 spiro atoms. The molecule has 3 unspecified atom stereocenters. The van der Waals surface area contributed by atoms with E-state index in [2.05, 4.69) is 21.2 Å². The van der Waals surface area contributed by atoms with Crippen LogP contribution in [-0.2, 0) is 23.1 Å². The summed E-state index contributed by atoms with van der Waals surface area (Å²) in [5.41, 5.74) is 3.59. The van der Waals surface area contributed by atoms with E-state index < -0.39 is 11.0 Å². The summed E-state index contributed by atoms with van der Waals surface area (Å²) in [5, 5.41) is 31.8. The maximum Gasteiger partial charge on any atom is 0.228 e. The van der Waals surface area contributed by atoms with Crippen molar-refractivity contribution in [2.75, 3.05) is 26.2 Å². The van der Waals surface area contributed by atoms with Gasteiger partial charge in [-0.25, -0.2) is 0 Å². The number of piperidine rings is 1. The van der Waals surface area contributed by atoms with Crippen LogP contribution in [0.2, 0.25) is 0 Å². The van der Waals surface area contributed by atoms with E-state index in [0.717, 1.165) is 59.6 Å². The molecule has 2 saturated heterocycles. The fourth-order valence-electron chi connectivity index (χ4n) is 7.71. The van der Waals surface area contributed by atoms with Crippen LogP contribution in [-0.4, -0.2) is 73.9 Å². The summed E-state index contributed by atoms with van der Waals surface area (Å²) in [6.07, 6.45) is 5.76. The second-order valence-corrected chi connectivity index (χ2v) is 12.0. The van der Waals surface area contributed by atoms with E-state index >= 15 is 0 Å². The minimum atomic E-state index is -0.928. The molecule has 0 radical (unpaired) electrons. The molecule has 194 valence electrons. The van der Waals surface area contributed by atoms with Crippen molar-refractivity contribution in [2.45, 2.75) is 68.9 Å². The SMILES string of the molecule is Cc1cc2c(cc1O)C13CCN(C(=O)Cc4n[nH]c5ccccc45)CCC1(O)C(C2)N(CC1CC1)CC3. The van der Waals surface area contributed by atoms with E-state index in [4.69, 9.17) is 0 Å². The molecule has 1 amide bonds.